The van der Waals surface area contributed by atoms with Gasteiger partial charge in [0.15, 0.2) is 0 Å². The number of hydrogen-bond acceptors (Lipinski definition) is 6. The van der Waals surface area contributed by atoms with Gasteiger partial charge in [0.25, 0.3) is 15.9 Å². The maximum Gasteiger partial charge on any atom is 0.265 e. The van der Waals surface area contributed by atoms with E-state index in [0.717, 1.165) is 30.8 Å². The van der Waals surface area contributed by atoms with Crippen molar-refractivity contribution in [2.45, 2.75) is 18.2 Å². The lowest BCUT2D eigenvalue weighted by Gasteiger charge is -2.28. The van der Waals surface area contributed by atoms with Gasteiger partial charge in [0.1, 0.15) is 10.6 Å². The molecule has 0 spiro atoms. The van der Waals surface area contributed by atoms with E-state index in [4.69, 9.17) is 9.47 Å². The molecule has 8 nitrogen and oxygen atoms in total. The van der Waals surface area contributed by atoms with E-state index in [1.54, 1.807) is 12.1 Å². The molecule has 0 radical (unpaired) electrons. The topological polar surface area (TPSA) is 97.0 Å². The molecule has 1 amide bonds. The zero-order chi connectivity index (χ0) is 24.8. The van der Waals surface area contributed by atoms with Gasteiger partial charge in [-0.2, -0.15) is 0 Å². The van der Waals surface area contributed by atoms with Crippen LogP contribution in [0.5, 0.6) is 5.75 Å². The van der Waals surface area contributed by atoms with E-state index in [1.165, 1.54) is 25.3 Å². The zero-order valence-corrected chi connectivity index (χ0v) is 20.6. The largest absolute Gasteiger partial charge is 0.495 e. The van der Waals surface area contributed by atoms with Gasteiger partial charge in [-0.05, 0) is 66.6 Å². The number of nitrogens with one attached hydrogen (secondary N) is 2. The first-order valence-corrected chi connectivity index (χ1v) is 12.9. The first-order valence-electron chi connectivity index (χ1n) is 11.4. The van der Waals surface area contributed by atoms with Gasteiger partial charge in [0, 0.05) is 35.7 Å². The van der Waals surface area contributed by atoms with Crippen LogP contribution in [0.2, 0.25) is 0 Å². The number of aryl methyl sites for hydroxylation is 1. The summed E-state index contributed by atoms with van der Waals surface area (Å²) in [6, 6.07) is 19.0. The molecule has 2 N–H and O–H groups in total. The molecule has 0 unspecified atom stereocenters. The molecule has 184 valence electrons. The van der Waals surface area contributed by atoms with Crippen LogP contribution in [0.4, 0.5) is 17.1 Å². The second-order valence-corrected chi connectivity index (χ2v) is 9.77. The number of ether oxygens (including phenoxy) is 2. The summed E-state index contributed by atoms with van der Waals surface area (Å²) >= 11 is 0. The Morgan fingerprint density at radius 1 is 0.971 bits per heavy atom. The van der Waals surface area contributed by atoms with Crippen molar-refractivity contribution in [3.05, 3.63) is 77.9 Å². The van der Waals surface area contributed by atoms with Crippen LogP contribution in [-0.4, -0.2) is 47.7 Å². The van der Waals surface area contributed by atoms with E-state index in [2.05, 4.69) is 14.9 Å². The molecule has 1 heterocycles. The molecule has 1 aliphatic heterocycles. The molecule has 0 aromatic heterocycles. The number of amides is 1. The molecule has 1 fully saturated rings. The quantitative estimate of drug-likeness (QED) is 0.487. The summed E-state index contributed by atoms with van der Waals surface area (Å²) in [6.45, 7) is 5.07. The number of carbonyl (C=O) groups is 1. The number of sulfonamides is 1. The van der Waals surface area contributed by atoms with E-state index in [9.17, 15) is 13.2 Å². The molecule has 1 saturated heterocycles. The van der Waals surface area contributed by atoms with Crippen molar-refractivity contribution in [3.8, 4) is 5.75 Å². The number of carbonyl (C=O) groups excluding carboxylic acids is 1. The predicted octanol–water partition coefficient (Wildman–Crippen LogP) is 4.15. The lowest BCUT2D eigenvalue weighted by Crippen LogP contribution is -2.36. The fraction of sp³-hybridized carbons (Fsp3) is 0.269. The van der Waals surface area contributed by atoms with Crippen LogP contribution in [0.1, 0.15) is 22.8 Å². The Kier molecular flexibility index (Phi) is 7.57. The number of morpholine rings is 1. The normalized spacial score (nSPS) is 13.8. The summed E-state index contributed by atoms with van der Waals surface area (Å²) in [6.07, 6.45) is 0.855. The predicted molar refractivity (Wildman–Crippen MR) is 137 cm³/mol. The van der Waals surface area contributed by atoms with Crippen molar-refractivity contribution < 1.29 is 22.7 Å². The van der Waals surface area contributed by atoms with Gasteiger partial charge in [-0.1, -0.05) is 19.1 Å². The average molecular weight is 496 g/mol. The lowest BCUT2D eigenvalue weighted by atomic mass is 10.2. The molecular weight excluding hydrogens is 466 g/mol. The fourth-order valence-electron chi connectivity index (χ4n) is 3.83. The van der Waals surface area contributed by atoms with Crippen molar-refractivity contribution in [2.24, 2.45) is 0 Å². The highest BCUT2D eigenvalue weighted by atomic mass is 32.2. The Bertz CT molecular complexity index is 1270. The molecule has 1 aliphatic rings. The minimum absolute atomic E-state index is 0.116. The Hall–Kier alpha value is -3.56. The molecule has 3 aromatic rings. The van der Waals surface area contributed by atoms with Crippen molar-refractivity contribution in [1.29, 1.82) is 0 Å². The zero-order valence-electron chi connectivity index (χ0n) is 19.8. The molecule has 4 rings (SSSR count). The summed E-state index contributed by atoms with van der Waals surface area (Å²) in [5, 5.41) is 2.83. The molecule has 0 aliphatic carbocycles. The van der Waals surface area contributed by atoms with Gasteiger partial charge >= 0.3 is 0 Å². The van der Waals surface area contributed by atoms with Crippen LogP contribution in [-0.2, 0) is 21.2 Å². The van der Waals surface area contributed by atoms with Crippen molar-refractivity contribution in [3.63, 3.8) is 0 Å². The van der Waals surface area contributed by atoms with Crippen LogP contribution < -0.4 is 19.7 Å². The number of methoxy groups -OCH3 is 1. The minimum Gasteiger partial charge on any atom is -0.495 e. The third-order valence-electron chi connectivity index (χ3n) is 5.83. The van der Waals surface area contributed by atoms with Gasteiger partial charge in [-0.3, -0.25) is 9.52 Å². The van der Waals surface area contributed by atoms with Gasteiger partial charge in [0.2, 0.25) is 0 Å². The monoisotopic (exact) mass is 495 g/mol. The third-order valence-corrected chi connectivity index (χ3v) is 7.23. The summed E-state index contributed by atoms with van der Waals surface area (Å²) in [7, 11) is -2.60. The van der Waals surface area contributed by atoms with Crippen LogP contribution >= 0.6 is 0 Å². The molecule has 3 aromatic carbocycles. The standard InChI is InChI=1S/C26H29N3O5S/c1-3-19-4-7-22(8-5-19)28-35(31,32)25-18-20(6-13-24(25)33-2)26(30)27-21-9-11-23(12-10-21)29-14-16-34-17-15-29/h4-13,18,28H,3,14-17H2,1-2H3,(H,27,30). The first-order chi connectivity index (χ1) is 16.9. The Morgan fingerprint density at radius 2 is 1.63 bits per heavy atom. The highest BCUT2D eigenvalue weighted by molar-refractivity contribution is 7.92. The highest BCUT2D eigenvalue weighted by Crippen LogP contribution is 2.28. The van der Waals surface area contributed by atoms with Crippen molar-refractivity contribution >= 4 is 33.0 Å². The van der Waals surface area contributed by atoms with Gasteiger partial charge in [-0.15, -0.1) is 0 Å². The van der Waals surface area contributed by atoms with E-state index < -0.39 is 15.9 Å². The summed E-state index contributed by atoms with van der Waals surface area (Å²) in [5.41, 5.74) is 3.40. The third kappa shape index (κ3) is 5.93. The van der Waals surface area contributed by atoms with E-state index in [1.807, 2.05) is 43.3 Å². The van der Waals surface area contributed by atoms with Gasteiger partial charge in [0.05, 0.1) is 20.3 Å². The number of anilines is 3. The molecule has 9 heteroatoms. The smallest absolute Gasteiger partial charge is 0.265 e. The first kappa shape index (κ1) is 24.6. The average Bonchev–Trinajstić information content (AvgIpc) is 2.89. The SMILES string of the molecule is CCc1ccc(NS(=O)(=O)c2cc(C(=O)Nc3ccc(N4CCOCC4)cc3)ccc2OC)cc1. The molecule has 0 saturated carbocycles. The van der Waals surface area contributed by atoms with Crippen LogP contribution in [0.25, 0.3) is 0 Å². The summed E-state index contributed by atoms with van der Waals surface area (Å²) < 4.78 is 39.5. The number of rotatable bonds is 8. The number of hydrogen-bond donors (Lipinski definition) is 2. The Labute approximate surface area is 205 Å². The molecular formula is C26H29N3O5S. The van der Waals surface area contributed by atoms with Crippen molar-refractivity contribution in [2.75, 3.05) is 48.4 Å². The summed E-state index contributed by atoms with van der Waals surface area (Å²) in [4.78, 5) is 15.0. The second-order valence-electron chi connectivity index (χ2n) is 8.12. The maximum atomic E-state index is 13.1. The molecule has 0 atom stereocenters. The maximum absolute atomic E-state index is 13.1. The number of nitrogens with zero attached hydrogens (tertiary/aromatic N) is 1. The fourth-order valence-corrected chi connectivity index (χ4v) is 5.08. The second kappa shape index (κ2) is 10.8. The van der Waals surface area contributed by atoms with Crippen LogP contribution in [0.15, 0.2) is 71.6 Å². The highest BCUT2D eigenvalue weighted by Gasteiger charge is 2.22. The Balaban J connectivity index is 1.51. The van der Waals surface area contributed by atoms with Crippen LogP contribution in [0.3, 0.4) is 0 Å². The molecule has 0 bridgehead atoms. The minimum atomic E-state index is -3.99. The van der Waals surface area contributed by atoms with E-state index in [0.29, 0.717) is 24.6 Å². The summed E-state index contributed by atoms with van der Waals surface area (Å²) in [5.74, 6) is -0.274. The van der Waals surface area contributed by atoms with E-state index >= 15 is 0 Å². The Morgan fingerprint density at radius 3 is 2.26 bits per heavy atom. The lowest BCUT2D eigenvalue weighted by molar-refractivity contribution is 0.102. The molecule has 35 heavy (non-hydrogen) atoms. The number of benzene rings is 3. The van der Waals surface area contributed by atoms with Gasteiger partial charge < -0.3 is 19.7 Å². The van der Waals surface area contributed by atoms with Crippen molar-refractivity contribution in [1.82, 2.24) is 0 Å². The van der Waals surface area contributed by atoms with E-state index in [-0.39, 0.29) is 16.2 Å². The van der Waals surface area contributed by atoms with Crippen LogP contribution in [0, 0.1) is 0 Å². The van der Waals surface area contributed by atoms with Gasteiger partial charge in [-0.25, -0.2) is 8.42 Å².